The molecule has 2 rings (SSSR count). The lowest BCUT2D eigenvalue weighted by atomic mass is 9.99. The van der Waals surface area contributed by atoms with Gasteiger partial charge in [-0.15, -0.1) is 0 Å². The van der Waals surface area contributed by atoms with Crippen LogP contribution in [0.5, 0.6) is 5.75 Å². The van der Waals surface area contributed by atoms with Crippen LogP contribution >= 0.6 is 0 Å². The van der Waals surface area contributed by atoms with Crippen molar-refractivity contribution >= 4 is 24.0 Å². The maximum atomic E-state index is 12.0. The monoisotopic (exact) mass is 500 g/mol. The van der Waals surface area contributed by atoms with Crippen LogP contribution in [0.25, 0.3) is 6.08 Å². The van der Waals surface area contributed by atoms with Crippen LogP contribution in [0.4, 0.5) is 0 Å². The largest absolute Gasteiger partial charge is 0.508 e. The number of phenols is 1. The van der Waals surface area contributed by atoms with Crippen molar-refractivity contribution < 1.29 is 64.0 Å². The van der Waals surface area contributed by atoms with E-state index in [9.17, 15) is 39.9 Å². The predicted octanol–water partition coefficient (Wildman–Crippen LogP) is -1.46. The average Bonchev–Trinajstić information content (AvgIpc) is 2.80. The molecule has 0 saturated carbocycles. The molecule has 0 spiro atoms. The second-order valence-electron chi connectivity index (χ2n) is 7.71. The Balaban J connectivity index is 2.01. The molecule has 6 N–H and O–H groups in total. The minimum atomic E-state index is -1.84. The molecule has 1 heterocycles. The second-order valence-corrected chi connectivity index (χ2v) is 7.71. The number of hydrogen-bond donors (Lipinski definition) is 6. The third kappa shape index (κ3) is 8.90. The Bertz CT molecular complexity index is 884. The minimum Gasteiger partial charge on any atom is -0.508 e. The number of aliphatic carboxylic acids is 1. The van der Waals surface area contributed by atoms with Crippen molar-refractivity contribution in [2.24, 2.45) is 0 Å². The zero-order valence-corrected chi connectivity index (χ0v) is 18.7. The first kappa shape index (κ1) is 28.2. The van der Waals surface area contributed by atoms with E-state index in [1.165, 1.54) is 18.2 Å². The first-order chi connectivity index (χ1) is 16.5. The van der Waals surface area contributed by atoms with Crippen LogP contribution in [0, 0.1) is 0 Å². The summed E-state index contributed by atoms with van der Waals surface area (Å²) in [5.41, 5.74) is 0.595. The number of benzene rings is 1. The fraction of sp³-hybridized carbons (Fsp3) is 0.500. The number of aliphatic hydroxyl groups is 4. The van der Waals surface area contributed by atoms with Gasteiger partial charge in [0.05, 0.1) is 6.42 Å². The van der Waals surface area contributed by atoms with Crippen molar-refractivity contribution in [1.29, 1.82) is 0 Å². The topological polar surface area (TPSA) is 210 Å². The first-order valence-corrected chi connectivity index (χ1v) is 10.5. The predicted molar refractivity (Wildman–Crippen MR) is 115 cm³/mol. The molecule has 0 bridgehead atoms. The highest BCUT2D eigenvalue weighted by atomic mass is 16.7. The number of phenolic OH excluding ortho intramolecular Hbond substituents is 1. The number of aliphatic hydroxyl groups excluding tert-OH is 4. The van der Waals surface area contributed by atoms with E-state index in [4.69, 9.17) is 19.3 Å². The molecule has 1 fully saturated rings. The van der Waals surface area contributed by atoms with Crippen molar-refractivity contribution in [2.75, 3.05) is 13.2 Å². The second kappa shape index (κ2) is 13.1. The van der Waals surface area contributed by atoms with E-state index < -0.39 is 80.5 Å². The maximum absolute atomic E-state index is 12.0. The third-order valence-electron chi connectivity index (χ3n) is 4.93. The van der Waals surface area contributed by atoms with Gasteiger partial charge in [-0.25, -0.2) is 4.79 Å². The van der Waals surface area contributed by atoms with Crippen LogP contribution in [0.3, 0.4) is 0 Å². The molecule has 1 aliphatic heterocycles. The van der Waals surface area contributed by atoms with Gasteiger partial charge in [-0.1, -0.05) is 12.1 Å². The molecule has 0 aromatic heterocycles. The van der Waals surface area contributed by atoms with Crippen molar-refractivity contribution in [2.45, 2.75) is 56.3 Å². The SMILES string of the molecule is CC(=O)OC[C@@H](O)[C@H](CC(=O)O)O[C@@H]1O[C@H](COC(=O)C=Cc2ccc(O)cc2)[C@@H](O)[C@H](O)[C@H]1O. The Morgan fingerprint density at radius 3 is 2.31 bits per heavy atom. The number of esters is 2. The molecule has 0 radical (unpaired) electrons. The van der Waals surface area contributed by atoms with E-state index in [1.54, 1.807) is 12.1 Å². The molecular formula is C22H28O13. The molecule has 1 aromatic carbocycles. The molecule has 1 aliphatic rings. The third-order valence-corrected chi connectivity index (χ3v) is 4.93. The molecule has 0 unspecified atom stereocenters. The average molecular weight is 500 g/mol. The molecule has 1 aromatic rings. The molecule has 0 aliphatic carbocycles. The van der Waals surface area contributed by atoms with Gasteiger partial charge in [-0.05, 0) is 23.8 Å². The number of ether oxygens (including phenoxy) is 4. The van der Waals surface area contributed by atoms with E-state index in [0.717, 1.165) is 13.0 Å². The fourth-order valence-corrected chi connectivity index (χ4v) is 3.06. The molecule has 35 heavy (non-hydrogen) atoms. The van der Waals surface area contributed by atoms with Gasteiger partial charge in [-0.3, -0.25) is 9.59 Å². The van der Waals surface area contributed by atoms with Gasteiger partial charge in [0.1, 0.15) is 55.6 Å². The number of carbonyl (C=O) groups is 3. The van der Waals surface area contributed by atoms with Crippen LogP contribution in [0.2, 0.25) is 0 Å². The summed E-state index contributed by atoms with van der Waals surface area (Å²) in [5.74, 6) is -2.89. The minimum absolute atomic E-state index is 0.0511. The van der Waals surface area contributed by atoms with Crippen LogP contribution in [-0.4, -0.2) is 105 Å². The van der Waals surface area contributed by atoms with Crippen LogP contribution in [-0.2, 0) is 33.3 Å². The summed E-state index contributed by atoms with van der Waals surface area (Å²) in [5, 5.41) is 59.0. The lowest BCUT2D eigenvalue weighted by molar-refractivity contribution is -0.318. The van der Waals surface area contributed by atoms with Crippen molar-refractivity contribution in [3.05, 3.63) is 35.9 Å². The van der Waals surface area contributed by atoms with E-state index in [0.29, 0.717) is 5.56 Å². The Kier molecular flexibility index (Phi) is 10.6. The molecule has 1 saturated heterocycles. The Morgan fingerprint density at radius 1 is 1.06 bits per heavy atom. The highest BCUT2D eigenvalue weighted by Gasteiger charge is 2.46. The number of aromatic hydroxyl groups is 1. The van der Waals surface area contributed by atoms with Crippen molar-refractivity contribution in [3.63, 3.8) is 0 Å². The molecule has 0 amide bonds. The zero-order valence-electron chi connectivity index (χ0n) is 18.7. The van der Waals surface area contributed by atoms with Crippen molar-refractivity contribution in [3.8, 4) is 5.75 Å². The normalized spacial score (nSPS) is 26.1. The molecular weight excluding hydrogens is 472 g/mol. The van der Waals surface area contributed by atoms with Gasteiger partial charge in [0.2, 0.25) is 0 Å². The van der Waals surface area contributed by atoms with E-state index in [1.807, 2.05) is 0 Å². The summed E-state index contributed by atoms with van der Waals surface area (Å²) < 4.78 is 20.3. The Morgan fingerprint density at radius 2 is 1.71 bits per heavy atom. The number of carbonyl (C=O) groups excluding carboxylic acids is 2. The highest BCUT2D eigenvalue weighted by molar-refractivity contribution is 5.87. The van der Waals surface area contributed by atoms with Crippen LogP contribution < -0.4 is 0 Å². The standard InChI is InChI=1S/C22H28O13/c1-11(23)32-9-14(25)15(8-17(26)27)34-22-21(31)20(30)19(29)16(35-22)10-33-18(28)7-4-12-2-5-13(24)6-3-12/h2-7,14-16,19-22,24-25,29-31H,8-10H2,1H3,(H,26,27)/t14-,15+,16-,19-,20+,21-,22-/m1/s1. The van der Waals surface area contributed by atoms with Gasteiger partial charge in [0.15, 0.2) is 6.29 Å². The highest BCUT2D eigenvalue weighted by Crippen LogP contribution is 2.25. The quantitative estimate of drug-likeness (QED) is 0.152. The van der Waals surface area contributed by atoms with Gasteiger partial charge < -0.3 is 49.6 Å². The zero-order chi connectivity index (χ0) is 26.1. The van der Waals surface area contributed by atoms with Gasteiger partial charge in [0, 0.05) is 13.0 Å². The summed E-state index contributed by atoms with van der Waals surface area (Å²) in [4.78, 5) is 34.1. The Hall–Kier alpha value is -3.07. The summed E-state index contributed by atoms with van der Waals surface area (Å²) >= 11 is 0. The number of carboxylic acid groups (broad SMARTS) is 1. The van der Waals surface area contributed by atoms with Crippen LogP contribution in [0.15, 0.2) is 30.3 Å². The molecule has 194 valence electrons. The molecule has 13 heteroatoms. The summed E-state index contributed by atoms with van der Waals surface area (Å²) in [6, 6.07) is 5.95. The Labute approximate surface area is 199 Å². The molecule has 13 nitrogen and oxygen atoms in total. The smallest absolute Gasteiger partial charge is 0.330 e. The van der Waals surface area contributed by atoms with E-state index in [-0.39, 0.29) is 5.75 Å². The number of hydrogen-bond acceptors (Lipinski definition) is 12. The number of carboxylic acids is 1. The molecule has 7 atom stereocenters. The summed E-state index contributed by atoms with van der Waals surface area (Å²) in [6.45, 7) is -0.0872. The summed E-state index contributed by atoms with van der Waals surface area (Å²) in [6.07, 6.45) is -9.87. The van der Waals surface area contributed by atoms with E-state index >= 15 is 0 Å². The summed E-state index contributed by atoms with van der Waals surface area (Å²) in [7, 11) is 0. The van der Waals surface area contributed by atoms with Gasteiger partial charge in [-0.2, -0.15) is 0 Å². The van der Waals surface area contributed by atoms with Gasteiger partial charge in [0.25, 0.3) is 0 Å². The lowest BCUT2D eigenvalue weighted by Crippen LogP contribution is -2.60. The fourth-order valence-electron chi connectivity index (χ4n) is 3.06. The van der Waals surface area contributed by atoms with Crippen molar-refractivity contribution in [1.82, 2.24) is 0 Å². The first-order valence-electron chi connectivity index (χ1n) is 10.5. The van der Waals surface area contributed by atoms with Crippen LogP contribution in [0.1, 0.15) is 18.9 Å². The van der Waals surface area contributed by atoms with E-state index in [2.05, 4.69) is 4.74 Å². The maximum Gasteiger partial charge on any atom is 0.330 e. The number of rotatable bonds is 11. The van der Waals surface area contributed by atoms with Gasteiger partial charge >= 0.3 is 17.9 Å². The lowest BCUT2D eigenvalue weighted by Gasteiger charge is -2.41.